The third-order valence-corrected chi connectivity index (χ3v) is 4.17. The van der Waals surface area contributed by atoms with Gasteiger partial charge in [0, 0.05) is 24.4 Å². The molecule has 1 fully saturated rings. The summed E-state index contributed by atoms with van der Waals surface area (Å²) >= 11 is 0. The Kier molecular flexibility index (Phi) is 4.79. The van der Waals surface area contributed by atoms with Gasteiger partial charge in [0.1, 0.15) is 11.9 Å². The molecule has 1 aromatic carbocycles. The molecule has 0 radical (unpaired) electrons. The number of ether oxygens (including phenoxy) is 1. The second kappa shape index (κ2) is 6.99. The molecule has 5 heteroatoms. The Balaban J connectivity index is 1.69. The monoisotopic (exact) mass is 325 g/mol. The molecular weight excluding hydrogens is 302 g/mol. The van der Waals surface area contributed by atoms with Crippen molar-refractivity contribution in [2.75, 3.05) is 13.1 Å². The summed E-state index contributed by atoms with van der Waals surface area (Å²) in [5, 5.41) is 0. The van der Waals surface area contributed by atoms with Crippen LogP contribution in [-0.2, 0) is 0 Å². The van der Waals surface area contributed by atoms with Gasteiger partial charge in [-0.1, -0.05) is 17.2 Å². The van der Waals surface area contributed by atoms with Gasteiger partial charge in [0.25, 0.3) is 5.91 Å². The molecular formula is C19H23N3O2. The number of piperidine rings is 1. The van der Waals surface area contributed by atoms with Crippen LogP contribution in [0.4, 0.5) is 0 Å². The van der Waals surface area contributed by atoms with Crippen LogP contribution in [0, 0.1) is 20.8 Å². The van der Waals surface area contributed by atoms with Crippen LogP contribution >= 0.6 is 0 Å². The molecule has 1 amide bonds. The summed E-state index contributed by atoms with van der Waals surface area (Å²) in [7, 11) is 0. The minimum atomic E-state index is -0.0251. The molecule has 0 bridgehead atoms. The maximum absolute atomic E-state index is 12.8. The number of nitrogens with zero attached hydrogens (tertiary/aromatic N) is 3. The van der Waals surface area contributed by atoms with Crippen molar-refractivity contribution in [1.82, 2.24) is 14.9 Å². The predicted molar refractivity (Wildman–Crippen MR) is 92.2 cm³/mol. The Bertz CT molecular complexity index is 725. The van der Waals surface area contributed by atoms with Gasteiger partial charge in [-0.05, 0) is 45.7 Å². The van der Waals surface area contributed by atoms with Crippen LogP contribution in [0.2, 0.25) is 0 Å². The molecule has 2 heterocycles. The number of carbonyl (C=O) groups excluding carboxylic acids is 1. The number of amides is 1. The Hall–Kier alpha value is -2.43. The summed E-state index contributed by atoms with van der Waals surface area (Å²) in [5.41, 5.74) is 2.98. The number of carbonyl (C=O) groups is 1. The smallest absolute Gasteiger partial charge is 0.253 e. The summed E-state index contributed by atoms with van der Waals surface area (Å²) in [6.07, 6.45) is 3.53. The highest BCUT2D eigenvalue weighted by Crippen LogP contribution is 2.19. The molecule has 1 atom stereocenters. The highest BCUT2D eigenvalue weighted by atomic mass is 16.5. The molecule has 1 aliphatic rings. The van der Waals surface area contributed by atoms with Gasteiger partial charge in [-0.2, -0.15) is 4.98 Å². The van der Waals surface area contributed by atoms with Crippen LogP contribution in [0.15, 0.2) is 30.5 Å². The number of hydrogen-bond donors (Lipinski definition) is 0. The Labute approximate surface area is 142 Å². The number of benzene rings is 1. The zero-order valence-electron chi connectivity index (χ0n) is 14.5. The minimum Gasteiger partial charge on any atom is -0.472 e. The van der Waals surface area contributed by atoms with E-state index < -0.39 is 0 Å². The van der Waals surface area contributed by atoms with Crippen LogP contribution in [-0.4, -0.2) is 40.0 Å². The summed E-state index contributed by atoms with van der Waals surface area (Å²) in [4.78, 5) is 23.0. The number of aryl methyl sites for hydroxylation is 3. The van der Waals surface area contributed by atoms with Gasteiger partial charge < -0.3 is 9.64 Å². The first-order valence-corrected chi connectivity index (χ1v) is 8.35. The van der Waals surface area contributed by atoms with Gasteiger partial charge in [0.05, 0.1) is 6.54 Å². The highest BCUT2D eigenvalue weighted by Gasteiger charge is 2.26. The molecule has 0 N–H and O–H groups in total. The number of likely N-dealkylation sites (tertiary alicyclic amines) is 1. The van der Waals surface area contributed by atoms with E-state index in [2.05, 4.69) is 16.0 Å². The van der Waals surface area contributed by atoms with E-state index in [1.807, 2.05) is 37.8 Å². The Morgan fingerprint density at radius 3 is 2.67 bits per heavy atom. The number of hydrogen-bond acceptors (Lipinski definition) is 4. The lowest BCUT2D eigenvalue weighted by molar-refractivity contribution is 0.0527. The van der Waals surface area contributed by atoms with Crippen LogP contribution in [0.1, 0.15) is 40.2 Å². The van der Waals surface area contributed by atoms with Crippen LogP contribution in [0.25, 0.3) is 0 Å². The summed E-state index contributed by atoms with van der Waals surface area (Å²) in [6.45, 7) is 7.24. The van der Waals surface area contributed by atoms with Crippen LogP contribution < -0.4 is 4.74 Å². The number of rotatable bonds is 3. The van der Waals surface area contributed by atoms with Crippen molar-refractivity contribution in [1.29, 1.82) is 0 Å². The molecule has 5 nitrogen and oxygen atoms in total. The lowest BCUT2D eigenvalue weighted by atomic mass is 10.0. The van der Waals surface area contributed by atoms with Crippen LogP contribution in [0.5, 0.6) is 5.88 Å². The number of aromatic nitrogens is 2. The molecule has 126 valence electrons. The molecule has 1 aliphatic heterocycles. The zero-order chi connectivity index (χ0) is 17.1. The highest BCUT2D eigenvalue weighted by molar-refractivity contribution is 5.94. The van der Waals surface area contributed by atoms with E-state index in [0.29, 0.717) is 18.2 Å². The standard InChI is InChI=1S/C19H23N3O2/c1-13-9-14(2)11-16(10-13)19(23)22-8-4-5-17(12-22)24-18-6-7-20-15(3)21-18/h6-7,9-11,17H,4-5,8,12H2,1-3H3. The Morgan fingerprint density at radius 1 is 1.21 bits per heavy atom. The molecule has 1 unspecified atom stereocenters. The second-order valence-electron chi connectivity index (χ2n) is 6.45. The van der Waals surface area contributed by atoms with Gasteiger partial charge in [-0.3, -0.25) is 4.79 Å². The van der Waals surface area contributed by atoms with Crippen molar-refractivity contribution < 1.29 is 9.53 Å². The first kappa shape index (κ1) is 16.4. The average molecular weight is 325 g/mol. The van der Waals surface area contributed by atoms with Crippen molar-refractivity contribution in [2.24, 2.45) is 0 Å². The molecule has 0 spiro atoms. The van der Waals surface area contributed by atoms with E-state index in [1.165, 1.54) is 0 Å². The average Bonchev–Trinajstić information content (AvgIpc) is 2.53. The van der Waals surface area contributed by atoms with E-state index in [4.69, 9.17) is 4.74 Å². The second-order valence-corrected chi connectivity index (χ2v) is 6.45. The lowest BCUT2D eigenvalue weighted by Gasteiger charge is -2.32. The fourth-order valence-electron chi connectivity index (χ4n) is 3.17. The topological polar surface area (TPSA) is 55.3 Å². The van der Waals surface area contributed by atoms with Gasteiger partial charge >= 0.3 is 0 Å². The normalized spacial score (nSPS) is 17.6. The maximum Gasteiger partial charge on any atom is 0.253 e. The molecule has 1 saturated heterocycles. The van der Waals surface area contributed by atoms with Gasteiger partial charge in [-0.25, -0.2) is 4.98 Å². The first-order valence-electron chi connectivity index (χ1n) is 8.35. The predicted octanol–water partition coefficient (Wildman–Crippen LogP) is 3.09. The van der Waals surface area contributed by atoms with Crippen molar-refractivity contribution >= 4 is 5.91 Å². The van der Waals surface area contributed by atoms with Crippen molar-refractivity contribution in [3.05, 3.63) is 53.0 Å². The van der Waals surface area contributed by atoms with Crippen molar-refractivity contribution in [2.45, 2.75) is 39.7 Å². The zero-order valence-corrected chi connectivity index (χ0v) is 14.5. The van der Waals surface area contributed by atoms with Gasteiger partial charge in [0.2, 0.25) is 5.88 Å². The first-order chi connectivity index (χ1) is 11.5. The van der Waals surface area contributed by atoms with E-state index in [0.717, 1.165) is 36.1 Å². The maximum atomic E-state index is 12.8. The van der Waals surface area contributed by atoms with Crippen molar-refractivity contribution in [3.8, 4) is 5.88 Å². The largest absolute Gasteiger partial charge is 0.472 e. The van der Waals surface area contributed by atoms with Gasteiger partial charge in [0.15, 0.2) is 0 Å². The van der Waals surface area contributed by atoms with E-state index >= 15 is 0 Å². The quantitative estimate of drug-likeness (QED) is 0.870. The molecule has 1 aromatic heterocycles. The molecule has 24 heavy (non-hydrogen) atoms. The fourth-order valence-corrected chi connectivity index (χ4v) is 3.17. The Morgan fingerprint density at radius 2 is 1.96 bits per heavy atom. The summed E-state index contributed by atoms with van der Waals surface area (Å²) in [5.74, 6) is 1.34. The lowest BCUT2D eigenvalue weighted by Crippen LogP contribution is -2.44. The third-order valence-electron chi connectivity index (χ3n) is 4.17. The SMILES string of the molecule is Cc1cc(C)cc(C(=O)N2CCCC(Oc3ccnc(C)n3)C2)c1. The van der Waals surface area contributed by atoms with Crippen molar-refractivity contribution in [3.63, 3.8) is 0 Å². The van der Waals surface area contributed by atoms with Crippen LogP contribution in [0.3, 0.4) is 0 Å². The fraction of sp³-hybridized carbons (Fsp3) is 0.421. The van der Waals surface area contributed by atoms with E-state index in [1.54, 1.807) is 12.3 Å². The molecule has 3 rings (SSSR count). The molecule has 2 aromatic rings. The summed E-state index contributed by atoms with van der Waals surface area (Å²) < 4.78 is 5.95. The summed E-state index contributed by atoms with van der Waals surface area (Å²) in [6, 6.07) is 7.75. The molecule has 0 saturated carbocycles. The molecule has 0 aliphatic carbocycles. The third kappa shape index (κ3) is 3.91. The minimum absolute atomic E-state index is 0.0251. The van der Waals surface area contributed by atoms with Gasteiger partial charge in [-0.15, -0.1) is 0 Å². The van der Waals surface area contributed by atoms with E-state index in [-0.39, 0.29) is 12.0 Å². The van der Waals surface area contributed by atoms with E-state index in [9.17, 15) is 4.79 Å².